The van der Waals surface area contributed by atoms with Crippen LogP contribution < -0.4 is 10.2 Å². The topological polar surface area (TPSA) is 70.9 Å². The normalized spacial score (nSPS) is 12.8. The van der Waals surface area contributed by atoms with Gasteiger partial charge in [-0.1, -0.05) is 12.1 Å². The Morgan fingerprint density at radius 2 is 1.65 bits per heavy atom. The van der Waals surface area contributed by atoms with Crippen LogP contribution >= 0.6 is 0 Å². The smallest absolute Gasteiger partial charge is 0.279 e. The summed E-state index contributed by atoms with van der Waals surface area (Å²) in [6.07, 6.45) is 0. The van der Waals surface area contributed by atoms with Gasteiger partial charge in [-0.2, -0.15) is 0 Å². The number of carbonyl (C=O) groups excluding carboxylic acids is 1. The van der Waals surface area contributed by atoms with Crippen LogP contribution in [-0.4, -0.2) is 46.3 Å². The average molecular weight is 380 g/mol. The van der Waals surface area contributed by atoms with Gasteiger partial charge in [0.25, 0.3) is 5.91 Å². The van der Waals surface area contributed by atoms with Crippen molar-refractivity contribution >= 4 is 21.6 Å². The first-order chi connectivity index (χ1) is 12.2. The lowest BCUT2D eigenvalue weighted by atomic mass is 10.2. The first-order valence-corrected chi connectivity index (χ1v) is 9.50. The molecule has 1 unspecified atom stereocenters. The number of benzene rings is 2. The Morgan fingerprint density at radius 1 is 1.08 bits per heavy atom. The van der Waals surface area contributed by atoms with Crippen molar-refractivity contribution in [3.05, 3.63) is 59.9 Å². The predicted molar refractivity (Wildman–Crippen MR) is 97.8 cm³/mol. The molecule has 0 fully saturated rings. The van der Waals surface area contributed by atoms with Crippen LogP contribution in [0.25, 0.3) is 0 Å². The van der Waals surface area contributed by atoms with Crippen molar-refractivity contribution in [1.29, 1.82) is 0 Å². The van der Waals surface area contributed by atoms with E-state index in [2.05, 4.69) is 5.32 Å². The number of likely N-dealkylation sites (N-methyl/N-ethyl adjacent to an activating group) is 1. The number of hydrogen-bond acceptors (Lipinski definition) is 3. The van der Waals surface area contributed by atoms with E-state index in [0.29, 0.717) is 12.2 Å². The van der Waals surface area contributed by atoms with Gasteiger partial charge in [0, 0.05) is 25.3 Å². The predicted octanol–water partition coefficient (Wildman–Crippen LogP) is 0.729. The molecule has 2 rings (SSSR count). The molecular formula is C18H23FN3O3S+. The third kappa shape index (κ3) is 5.35. The average Bonchev–Trinajstić information content (AvgIpc) is 2.57. The number of nitrogens with zero attached hydrogens (tertiary/aromatic N) is 1. The van der Waals surface area contributed by atoms with Crippen LogP contribution in [0.5, 0.6) is 0 Å². The molecule has 0 heterocycles. The van der Waals surface area contributed by atoms with E-state index in [1.54, 1.807) is 24.3 Å². The summed E-state index contributed by atoms with van der Waals surface area (Å²) in [7, 11) is 1.31. The molecule has 1 atom stereocenters. The largest absolute Gasteiger partial charge is 0.326 e. The highest BCUT2D eigenvalue weighted by atomic mass is 32.2. The van der Waals surface area contributed by atoms with E-state index in [4.69, 9.17) is 0 Å². The molecule has 0 saturated carbocycles. The quantitative estimate of drug-likeness (QED) is 0.744. The fraction of sp³-hybridized carbons (Fsp3) is 0.278. The third-order valence-corrected chi connectivity index (χ3v) is 5.63. The fourth-order valence-corrected chi connectivity index (χ4v) is 3.32. The van der Waals surface area contributed by atoms with Gasteiger partial charge in [-0.25, -0.2) is 17.1 Å². The SMILES string of the molecule is CN(C)S(=O)(=O)c1ccc(NC(=O)C[NH+](C)Cc2ccc(F)cc2)cc1. The first-order valence-electron chi connectivity index (χ1n) is 8.06. The van der Waals surface area contributed by atoms with E-state index in [-0.39, 0.29) is 23.2 Å². The van der Waals surface area contributed by atoms with Crippen molar-refractivity contribution in [3.63, 3.8) is 0 Å². The van der Waals surface area contributed by atoms with Gasteiger partial charge in [-0.05, 0) is 36.4 Å². The highest BCUT2D eigenvalue weighted by Crippen LogP contribution is 2.16. The van der Waals surface area contributed by atoms with Crippen LogP contribution in [0.15, 0.2) is 53.4 Å². The van der Waals surface area contributed by atoms with Gasteiger partial charge in [-0.3, -0.25) is 4.79 Å². The lowest BCUT2D eigenvalue weighted by molar-refractivity contribution is -0.885. The monoisotopic (exact) mass is 380 g/mol. The second-order valence-electron chi connectivity index (χ2n) is 6.30. The van der Waals surface area contributed by atoms with Gasteiger partial charge < -0.3 is 10.2 Å². The van der Waals surface area contributed by atoms with Crippen molar-refractivity contribution in [2.24, 2.45) is 0 Å². The molecule has 6 nitrogen and oxygen atoms in total. The van der Waals surface area contributed by atoms with E-state index >= 15 is 0 Å². The fourth-order valence-electron chi connectivity index (χ4n) is 2.41. The molecule has 0 bridgehead atoms. The number of carbonyl (C=O) groups is 1. The van der Waals surface area contributed by atoms with Crippen molar-refractivity contribution in [2.75, 3.05) is 33.0 Å². The highest BCUT2D eigenvalue weighted by molar-refractivity contribution is 7.89. The summed E-state index contributed by atoms with van der Waals surface area (Å²) in [5, 5.41) is 2.75. The van der Waals surface area contributed by atoms with E-state index in [9.17, 15) is 17.6 Å². The summed E-state index contributed by atoms with van der Waals surface area (Å²) >= 11 is 0. The highest BCUT2D eigenvalue weighted by Gasteiger charge is 2.17. The number of hydrogen-bond donors (Lipinski definition) is 2. The molecule has 140 valence electrons. The molecule has 0 aliphatic carbocycles. The van der Waals surface area contributed by atoms with Crippen LogP contribution in [0.1, 0.15) is 5.56 Å². The van der Waals surface area contributed by atoms with Gasteiger partial charge >= 0.3 is 0 Å². The third-order valence-electron chi connectivity index (χ3n) is 3.80. The molecule has 0 aliphatic rings. The van der Waals surface area contributed by atoms with Crippen molar-refractivity contribution in [2.45, 2.75) is 11.4 Å². The summed E-state index contributed by atoms with van der Waals surface area (Å²) in [5.41, 5.74) is 1.47. The molecule has 1 amide bonds. The molecule has 2 aromatic rings. The van der Waals surface area contributed by atoms with E-state index in [1.807, 2.05) is 7.05 Å². The number of quaternary nitrogens is 1. The lowest BCUT2D eigenvalue weighted by Crippen LogP contribution is -3.08. The Hall–Kier alpha value is -2.29. The number of rotatable bonds is 7. The van der Waals surface area contributed by atoms with Crippen molar-refractivity contribution < 1.29 is 22.5 Å². The summed E-state index contributed by atoms with van der Waals surface area (Å²) in [6.45, 7) is 0.822. The second-order valence-corrected chi connectivity index (χ2v) is 8.45. The molecule has 2 aromatic carbocycles. The Morgan fingerprint density at radius 3 is 2.19 bits per heavy atom. The van der Waals surface area contributed by atoms with Crippen LogP contribution in [0.2, 0.25) is 0 Å². The molecule has 8 heteroatoms. The maximum absolute atomic E-state index is 12.9. The summed E-state index contributed by atoms with van der Waals surface area (Å²) in [6, 6.07) is 12.2. The van der Waals surface area contributed by atoms with Crippen LogP contribution in [0.4, 0.5) is 10.1 Å². The number of sulfonamides is 1. The summed E-state index contributed by atoms with van der Waals surface area (Å²) in [4.78, 5) is 13.3. The van der Waals surface area contributed by atoms with E-state index < -0.39 is 10.0 Å². The number of anilines is 1. The Kier molecular flexibility index (Phi) is 6.47. The number of nitrogens with one attached hydrogen (secondary N) is 2. The summed E-state index contributed by atoms with van der Waals surface area (Å²) < 4.78 is 38.1. The van der Waals surface area contributed by atoms with E-state index in [1.165, 1.54) is 38.4 Å². The Bertz CT molecular complexity index is 850. The van der Waals surface area contributed by atoms with Crippen LogP contribution in [0, 0.1) is 5.82 Å². The zero-order valence-corrected chi connectivity index (χ0v) is 15.8. The second kappa shape index (κ2) is 8.39. The van der Waals surface area contributed by atoms with Gasteiger partial charge in [0.2, 0.25) is 10.0 Å². The minimum absolute atomic E-state index is 0.166. The molecule has 26 heavy (non-hydrogen) atoms. The van der Waals surface area contributed by atoms with Gasteiger partial charge in [0.05, 0.1) is 11.9 Å². The van der Waals surface area contributed by atoms with Crippen LogP contribution in [0.3, 0.4) is 0 Å². The lowest BCUT2D eigenvalue weighted by Gasteiger charge is -2.14. The molecular weight excluding hydrogens is 357 g/mol. The van der Waals surface area contributed by atoms with E-state index in [0.717, 1.165) is 14.8 Å². The Labute approximate surface area is 153 Å². The van der Waals surface area contributed by atoms with Crippen molar-refractivity contribution in [1.82, 2.24) is 4.31 Å². The summed E-state index contributed by atoms with van der Waals surface area (Å²) in [5.74, 6) is -0.475. The molecule has 0 saturated heterocycles. The first kappa shape index (κ1) is 20.0. The number of amides is 1. The molecule has 0 aliphatic heterocycles. The zero-order chi connectivity index (χ0) is 19.3. The standard InChI is InChI=1S/C18H22FN3O3S/c1-21(2)26(24,25)17-10-8-16(9-11-17)20-18(23)13-22(3)12-14-4-6-15(19)7-5-14/h4-11H,12-13H2,1-3H3,(H,20,23)/p+1. The molecule has 0 radical (unpaired) electrons. The van der Waals surface area contributed by atoms with Gasteiger partial charge in [0.1, 0.15) is 12.4 Å². The van der Waals surface area contributed by atoms with Crippen molar-refractivity contribution in [3.8, 4) is 0 Å². The number of halogens is 1. The van der Waals surface area contributed by atoms with Crippen LogP contribution in [-0.2, 0) is 21.4 Å². The zero-order valence-electron chi connectivity index (χ0n) is 15.0. The molecule has 0 spiro atoms. The Balaban J connectivity index is 1.92. The molecule has 0 aromatic heterocycles. The van der Waals surface area contributed by atoms with Gasteiger partial charge in [-0.15, -0.1) is 0 Å². The minimum Gasteiger partial charge on any atom is -0.326 e. The maximum atomic E-state index is 12.9. The van der Waals surface area contributed by atoms with Gasteiger partial charge in [0.15, 0.2) is 6.54 Å². The molecule has 2 N–H and O–H groups in total. The maximum Gasteiger partial charge on any atom is 0.279 e. The minimum atomic E-state index is -3.49.